The molecule has 1 aliphatic rings. The van der Waals surface area contributed by atoms with Gasteiger partial charge in [0.2, 0.25) is 5.76 Å². The van der Waals surface area contributed by atoms with Crippen LogP contribution in [0.2, 0.25) is 0 Å². The Hall–Kier alpha value is -2.99. The highest BCUT2D eigenvalue weighted by Crippen LogP contribution is 2.38. The summed E-state index contributed by atoms with van der Waals surface area (Å²) in [5, 5.41) is 9.55. The van der Waals surface area contributed by atoms with Crippen LogP contribution in [0.25, 0.3) is 11.0 Å². The number of β-amino-alcohol motifs (C(OH)–C–C–N with tert-alkyl or cyclic N) is 1. The second-order valence-electron chi connectivity index (χ2n) is 7.26. The predicted molar refractivity (Wildman–Crippen MR) is 103 cm³/mol. The van der Waals surface area contributed by atoms with Crippen molar-refractivity contribution in [2.45, 2.75) is 25.8 Å². The normalized spacial score (nSPS) is 16.2. The van der Waals surface area contributed by atoms with Gasteiger partial charge in [-0.1, -0.05) is 38.1 Å². The Kier molecular flexibility index (Phi) is 4.51. The average Bonchev–Trinajstić information content (AvgIpc) is 2.95. The molecule has 144 valence electrons. The maximum atomic E-state index is 13.7. The molecule has 0 bridgehead atoms. The lowest BCUT2D eigenvalue weighted by molar-refractivity contribution is 0.0691. The van der Waals surface area contributed by atoms with Gasteiger partial charge in [0.1, 0.15) is 11.4 Å². The monoisotopic (exact) mass is 381 g/mol. The van der Waals surface area contributed by atoms with E-state index in [1.807, 2.05) is 24.3 Å². The van der Waals surface area contributed by atoms with E-state index in [1.54, 1.807) is 0 Å². The third-order valence-electron chi connectivity index (χ3n) is 5.19. The van der Waals surface area contributed by atoms with Gasteiger partial charge in [0.05, 0.1) is 23.6 Å². The topological polar surface area (TPSA) is 70.8 Å². The minimum absolute atomic E-state index is 0.0458. The number of carbonyl (C=O) groups excluding carboxylic acids is 1. The van der Waals surface area contributed by atoms with E-state index in [1.165, 1.54) is 17.0 Å². The van der Waals surface area contributed by atoms with Crippen LogP contribution in [0.5, 0.6) is 0 Å². The first-order valence-electron chi connectivity index (χ1n) is 9.20. The number of carbonyl (C=O) groups is 1. The van der Waals surface area contributed by atoms with E-state index in [0.717, 1.165) is 17.2 Å². The van der Waals surface area contributed by atoms with Gasteiger partial charge in [-0.15, -0.1) is 0 Å². The molecule has 0 aliphatic carbocycles. The van der Waals surface area contributed by atoms with Crippen LogP contribution < -0.4 is 5.43 Å². The number of fused-ring (bicyclic) bond motifs is 2. The van der Waals surface area contributed by atoms with Gasteiger partial charge in [-0.3, -0.25) is 9.59 Å². The lowest BCUT2D eigenvalue weighted by Gasteiger charge is -2.24. The van der Waals surface area contributed by atoms with Gasteiger partial charge in [-0.05, 0) is 35.2 Å². The maximum absolute atomic E-state index is 13.7. The van der Waals surface area contributed by atoms with E-state index in [2.05, 4.69) is 13.8 Å². The molecule has 4 rings (SSSR count). The molecule has 0 saturated heterocycles. The van der Waals surface area contributed by atoms with Gasteiger partial charge in [0, 0.05) is 6.54 Å². The van der Waals surface area contributed by atoms with Crippen LogP contribution in [0.1, 0.15) is 53.1 Å². The molecule has 1 aromatic heterocycles. The van der Waals surface area contributed by atoms with Crippen molar-refractivity contribution in [1.82, 2.24) is 4.90 Å². The Labute approximate surface area is 161 Å². The fourth-order valence-corrected chi connectivity index (χ4v) is 3.74. The highest BCUT2D eigenvalue weighted by Gasteiger charge is 2.42. The largest absolute Gasteiger partial charge is 0.450 e. The summed E-state index contributed by atoms with van der Waals surface area (Å²) in [6.07, 6.45) is 0. The third kappa shape index (κ3) is 2.81. The van der Waals surface area contributed by atoms with E-state index in [4.69, 9.17) is 4.42 Å². The lowest BCUT2D eigenvalue weighted by Crippen LogP contribution is -2.32. The molecule has 2 heterocycles. The molecule has 1 amide bonds. The van der Waals surface area contributed by atoms with Crippen molar-refractivity contribution < 1.29 is 18.7 Å². The summed E-state index contributed by atoms with van der Waals surface area (Å²) in [5.41, 5.74) is 1.80. The summed E-state index contributed by atoms with van der Waals surface area (Å²) in [6, 6.07) is 10.7. The van der Waals surface area contributed by atoms with Crippen LogP contribution in [0, 0.1) is 5.82 Å². The Morgan fingerprint density at radius 1 is 1.14 bits per heavy atom. The predicted octanol–water partition coefficient (Wildman–Crippen LogP) is 3.59. The first-order valence-corrected chi connectivity index (χ1v) is 9.20. The van der Waals surface area contributed by atoms with Gasteiger partial charge in [0.25, 0.3) is 5.91 Å². The number of amides is 1. The third-order valence-corrected chi connectivity index (χ3v) is 5.19. The zero-order chi connectivity index (χ0) is 20.0. The minimum atomic E-state index is -0.681. The lowest BCUT2D eigenvalue weighted by atomic mass is 9.95. The Balaban J connectivity index is 1.95. The van der Waals surface area contributed by atoms with E-state index in [-0.39, 0.29) is 35.4 Å². The first-order chi connectivity index (χ1) is 13.4. The van der Waals surface area contributed by atoms with Crippen molar-refractivity contribution >= 4 is 16.9 Å². The number of hydrogen-bond donors (Lipinski definition) is 1. The van der Waals surface area contributed by atoms with Gasteiger partial charge in [0.15, 0.2) is 5.43 Å². The van der Waals surface area contributed by atoms with Crippen LogP contribution >= 0.6 is 0 Å². The molecule has 1 atom stereocenters. The van der Waals surface area contributed by atoms with Crippen LogP contribution in [-0.2, 0) is 0 Å². The van der Waals surface area contributed by atoms with Crippen molar-refractivity contribution in [1.29, 1.82) is 0 Å². The van der Waals surface area contributed by atoms with E-state index < -0.39 is 23.2 Å². The summed E-state index contributed by atoms with van der Waals surface area (Å²) in [4.78, 5) is 27.5. The average molecular weight is 381 g/mol. The summed E-state index contributed by atoms with van der Waals surface area (Å²) in [7, 11) is 0. The second-order valence-corrected chi connectivity index (χ2v) is 7.26. The molecular weight excluding hydrogens is 361 g/mol. The highest BCUT2D eigenvalue weighted by molar-refractivity contribution is 5.99. The number of halogens is 1. The van der Waals surface area contributed by atoms with Crippen molar-refractivity contribution in [2.75, 3.05) is 13.2 Å². The quantitative estimate of drug-likeness (QED) is 0.750. The molecule has 3 aromatic rings. The van der Waals surface area contributed by atoms with Gasteiger partial charge in [-0.25, -0.2) is 4.39 Å². The summed E-state index contributed by atoms with van der Waals surface area (Å²) >= 11 is 0. The smallest absolute Gasteiger partial charge is 0.290 e. The van der Waals surface area contributed by atoms with Gasteiger partial charge >= 0.3 is 0 Å². The summed E-state index contributed by atoms with van der Waals surface area (Å²) in [5.74, 6) is -0.702. The maximum Gasteiger partial charge on any atom is 0.290 e. The number of benzene rings is 2. The molecular formula is C22H20FNO4. The molecule has 0 spiro atoms. The Bertz CT molecular complexity index is 1120. The van der Waals surface area contributed by atoms with Crippen LogP contribution in [0.4, 0.5) is 4.39 Å². The molecule has 0 radical (unpaired) electrons. The highest BCUT2D eigenvalue weighted by atomic mass is 19.1. The standard InChI is InChI=1S/C22H20FNO4/c1-12(2)13-3-5-14(6-4-13)19-18-20(26)16-11-15(23)7-8-17(16)28-21(18)22(27)24(19)9-10-25/h3-8,11-12,19,25H,9-10H2,1-2H3/t19-/m0/s1. The SMILES string of the molecule is CC(C)c1ccc([C@H]2c3c(oc4ccc(F)cc4c3=O)C(=O)N2CCO)cc1. The number of hydrogen-bond acceptors (Lipinski definition) is 4. The fourth-order valence-electron chi connectivity index (χ4n) is 3.74. The van der Waals surface area contributed by atoms with E-state index in [9.17, 15) is 19.1 Å². The van der Waals surface area contributed by atoms with E-state index >= 15 is 0 Å². The molecule has 6 heteroatoms. The molecule has 1 N–H and O–H groups in total. The molecule has 0 unspecified atom stereocenters. The van der Waals surface area contributed by atoms with Crippen LogP contribution in [0.15, 0.2) is 51.7 Å². The molecule has 0 fully saturated rings. The van der Waals surface area contributed by atoms with E-state index in [0.29, 0.717) is 5.92 Å². The summed E-state index contributed by atoms with van der Waals surface area (Å²) in [6.45, 7) is 3.97. The number of aliphatic hydroxyl groups is 1. The molecule has 2 aromatic carbocycles. The number of rotatable bonds is 4. The Morgan fingerprint density at radius 2 is 1.86 bits per heavy atom. The van der Waals surface area contributed by atoms with Crippen molar-refractivity contribution in [3.05, 3.63) is 81.0 Å². The number of nitrogens with zero attached hydrogens (tertiary/aromatic N) is 1. The zero-order valence-electron chi connectivity index (χ0n) is 15.6. The molecule has 5 nitrogen and oxygen atoms in total. The van der Waals surface area contributed by atoms with Crippen molar-refractivity contribution in [3.8, 4) is 0 Å². The summed E-state index contributed by atoms with van der Waals surface area (Å²) < 4.78 is 19.4. The minimum Gasteiger partial charge on any atom is -0.450 e. The van der Waals surface area contributed by atoms with Crippen LogP contribution in [0.3, 0.4) is 0 Å². The molecule has 0 saturated carbocycles. The fraction of sp³-hybridized carbons (Fsp3) is 0.273. The van der Waals surface area contributed by atoms with Gasteiger partial charge < -0.3 is 14.4 Å². The van der Waals surface area contributed by atoms with Crippen LogP contribution in [-0.4, -0.2) is 29.1 Å². The van der Waals surface area contributed by atoms with Crippen molar-refractivity contribution in [3.63, 3.8) is 0 Å². The molecule has 1 aliphatic heterocycles. The first kappa shape index (κ1) is 18.4. The van der Waals surface area contributed by atoms with Gasteiger partial charge in [-0.2, -0.15) is 0 Å². The zero-order valence-corrected chi connectivity index (χ0v) is 15.6. The Morgan fingerprint density at radius 3 is 2.50 bits per heavy atom. The van der Waals surface area contributed by atoms with Crippen molar-refractivity contribution in [2.24, 2.45) is 0 Å². The number of aliphatic hydroxyl groups excluding tert-OH is 1. The molecule has 28 heavy (non-hydrogen) atoms. The second kappa shape index (κ2) is 6.87.